The number of nitrogens with one attached hydrogen (secondary N) is 1. The monoisotopic (exact) mass is 287 g/mol. The zero-order valence-corrected chi connectivity index (χ0v) is 12.4. The number of hydrogen-bond acceptors (Lipinski definition) is 2. The van der Waals surface area contributed by atoms with Crippen LogP contribution in [0.15, 0.2) is 36.4 Å². The number of carbonyl (C=O) groups excluding carboxylic acids is 1. The van der Waals surface area contributed by atoms with E-state index < -0.39 is 0 Å². The molecular weight excluding hydrogens is 269 g/mol. The Kier molecular flexibility index (Phi) is 4.58. The molecule has 2 rings (SSSR count). The topological polar surface area (TPSA) is 38.3 Å². The Labute approximate surface area is 123 Å². The molecular formula is C17H18FNO2. The van der Waals surface area contributed by atoms with Crippen LogP contribution in [0.3, 0.4) is 0 Å². The number of benzene rings is 2. The Morgan fingerprint density at radius 3 is 2.67 bits per heavy atom. The molecule has 0 fully saturated rings. The van der Waals surface area contributed by atoms with Gasteiger partial charge in [-0.3, -0.25) is 4.79 Å². The van der Waals surface area contributed by atoms with Crippen LogP contribution in [0, 0.1) is 26.6 Å². The molecule has 0 heterocycles. The number of anilines is 1. The summed E-state index contributed by atoms with van der Waals surface area (Å²) in [6.07, 6.45) is 0. The van der Waals surface area contributed by atoms with Crippen molar-refractivity contribution in [2.75, 3.05) is 11.9 Å². The van der Waals surface area contributed by atoms with Gasteiger partial charge in [-0.2, -0.15) is 0 Å². The number of amides is 1. The minimum atomic E-state index is -0.383. The van der Waals surface area contributed by atoms with E-state index in [2.05, 4.69) is 5.32 Å². The van der Waals surface area contributed by atoms with E-state index in [1.165, 1.54) is 12.1 Å². The van der Waals surface area contributed by atoms with Gasteiger partial charge in [-0.25, -0.2) is 4.39 Å². The third kappa shape index (κ3) is 3.81. The zero-order chi connectivity index (χ0) is 15.4. The maximum Gasteiger partial charge on any atom is 0.262 e. The van der Waals surface area contributed by atoms with Crippen LogP contribution in [0.2, 0.25) is 0 Å². The average Bonchev–Trinajstić information content (AvgIpc) is 2.44. The largest absolute Gasteiger partial charge is 0.483 e. The van der Waals surface area contributed by atoms with Crippen molar-refractivity contribution in [2.45, 2.75) is 20.8 Å². The SMILES string of the molecule is Cc1ccc(F)cc1NC(=O)COc1cccc(C)c1C. The van der Waals surface area contributed by atoms with E-state index in [4.69, 9.17) is 4.74 Å². The molecule has 0 spiro atoms. The van der Waals surface area contributed by atoms with Crippen LogP contribution in [0.5, 0.6) is 5.75 Å². The quantitative estimate of drug-likeness (QED) is 0.929. The summed E-state index contributed by atoms with van der Waals surface area (Å²) >= 11 is 0. The Hall–Kier alpha value is -2.36. The number of hydrogen-bond donors (Lipinski definition) is 1. The molecule has 0 bridgehead atoms. The van der Waals surface area contributed by atoms with Crippen LogP contribution in [0.1, 0.15) is 16.7 Å². The molecule has 1 amide bonds. The molecule has 21 heavy (non-hydrogen) atoms. The maximum absolute atomic E-state index is 13.2. The van der Waals surface area contributed by atoms with Gasteiger partial charge in [0.05, 0.1) is 0 Å². The minimum absolute atomic E-state index is 0.111. The van der Waals surface area contributed by atoms with Crippen LogP contribution >= 0.6 is 0 Å². The summed E-state index contributed by atoms with van der Waals surface area (Å²) in [4.78, 5) is 11.9. The standard InChI is InChI=1S/C17H18FNO2/c1-11-5-4-6-16(13(11)3)21-10-17(20)19-15-9-14(18)8-7-12(15)2/h4-9H,10H2,1-3H3,(H,19,20). The van der Waals surface area contributed by atoms with Crippen molar-refractivity contribution in [3.05, 3.63) is 58.9 Å². The Balaban J connectivity index is 1.99. The molecule has 0 atom stereocenters. The molecule has 0 unspecified atom stereocenters. The number of aryl methyl sites for hydroxylation is 2. The number of ether oxygens (including phenoxy) is 1. The molecule has 2 aromatic rings. The highest BCUT2D eigenvalue weighted by atomic mass is 19.1. The van der Waals surface area contributed by atoms with Crippen LogP contribution in [0.25, 0.3) is 0 Å². The van der Waals surface area contributed by atoms with Crippen molar-refractivity contribution >= 4 is 11.6 Å². The van der Waals surface area contributed by atoms with Gasteiger partial charge in [-0.1, -0.05) is 18.2 Å². The molecule has 0 aliphatic heterocycles. The summed E-state index contributed by atoms with van der Waals surface area (Å²) in [6, 6.07) is 9.97. The van der Waals surface area contributed by atoms with Crippen molar-refractivity contribution < 1.29 is 13.9 Å². The zero-order valence-electron chi connectivity index (χ0n) is 12.4. The molecule has 110 valence electrons. The maximum atomic E-state index is 13.2. The van der Waals surface area contributed by atoms with Gasteiger partial charge in [-0.15, -0.1) is 0 Å². The van der Waals surface area contributed by atoms with Gasteiger partial charge in [0.25, 0.3) is 5.91 Å². The first-order valence-corrected chi connectivity index (χ1v) is 6.72. The second kappa shape index (κ2) is 6.39. The van der Waals surface area contributed by atoms with E-state index >= 15 is 0 Å². The van der Waals surface area contributed by atoms with Gasteiger partial charge in [-0.05, 0) is 55.7 Å². The molecule has 1 N–H and O–H groups in total. The molecule has 2 aromatic carbocycles. The molecule has 0 saturated carbocycles. The van der Waals surface area contributed by atoms with E-state index in [0.29, 0.717) is 11.4 Å². The lowest BCUT2D eigenvalue weighted by Gasteiger charge is -2.12. The van der Waals surface area contributed by atoms with E-state index in [1.54, 1.807) is 13.0 Å². The third-order valence-corrected chi connectivity index (χ3v) is 3.39. The van der Waals surface area contributed by atoms with Crippen molar-refractivity contribution in [3.63, 3.8) is 0 Å². The molecule has 3 nitrogen and oxygen atoms in total. The Morgan fingerprint density at radius 2 is 1.90 bits per heavy atom. The van der Waals surface area contributed by atoms with Gasteiger partial charge in [0.15, 0.2) is 6.61 Å². The summed E-state index contributed by atoms with van der Waals surface area (Å²) in [5, 5.41) is 2.65. The molecule has 0 saturated heterocycles. The predicted molar refractivity (Wildman–Crippen MR) is 81.2 cm³/mol. The number of carbonyl (C=O) groups is 1. The Bertz CT molecular complexity index is 668. The lowest BCUT2D eigenvalue weighted by molar-refractivity contribution is -0.118. The minimum Gasteiger partial charge on any atom is -0.483 e. The van der Waals surface area contributed by atoms with Crippen molar-refractivity contribution in [1.82, 2.24) is 0 Å². The highest BCUT2D eigenvalue weighted by molar-refractivity contribution is 5.92. The van der Waals surface area contributed by atoms with Crippen LogP contribution < -0.4 is 10.1 Å². The molecule has 0 aromatic heterocycles. The van der Waals surface area contributed by atoms with Crippen LogP contribution in [-0.2, 0) is 4.79 Å². The molecule has 4 heteroatoms. The van der Waals surface area contributed by atoms with Crippen molar-refractivity contribution in [1.29, 1.82) is 0 Å². The molecule has 0 aliphatic carbocycles. The predicted octanol–water partition coefficient (Wildman–Crippen LogP) is 3.77. The summed E-state index contributed by atoms with van der Waals surface area (Å²) in [5.41, 5.74) is 3.38. The summed E-state index contributed by atoms with van der Waals surface area (Å²) < 4.78 is 18.7. The van der Waals surface area contributed by atoms with Gasteiger partial charge in [0, 0.05) is 5.69 Å². The fraction of sp³-hybridized carbons (Fsp3) is 0.235. The van der Waals surface area contributed by atoms with E-state index in [9.17, 15) is 9.18 Å². The van der Waals surface area contributed by atoms with Crippen LogP contribution in [-0.4, -0.2) is 12.5 Å². The first kappa shape index (κ1) is 15.0. The van der Waals surface area contributed by atoms with Crippen LogP contribution in [0.4, 0.5) is 10.1 Å². The van der Waals surface area contributed by atoms with Gasteiger partial charge in [0.1, 0.15) is 11.6 Å². The smallest absolute Gasteiger partial charge is 0.262 e. The number of rotatable bonds is 4. The highest BCUT2D eigenvalue weighted by Gasteiger charge is 2.08. The lowest BCUT2D eigenvalue weighted by atomic mass is 10.1. The molecule has 0 aliphatic rings. The fourth-order valence-electron chi connectivity index (χ4n) is 1.94. The van der Waals surface area contributed by atoms with E-state index in [1.807, 2.05) is 32.0 Å². The van der Waals surface area contributed by atoms with Gasteiger partial charge in [0.2, 0.25) is 0 Å². The normalized spacial score (nSPS) is 10.3. The van der Waals surface area contributed by atoms with Crippen molar-refractivity contribution in [2.24, 2.45) is 0 Å². The highest BCUT2D eigenvalue weighted by Crippen LogP contribution is 2.21. The third-order valence-electron chi connectivity index (χ3n) is 3.39. The summed E-state index contributed by atoms with van der Waals surface area (Å²) in [7, 11) is 0. The summed E-state index contributed by atoms with van der Waals surface area (Å²) in [5.74, 6) is -0.0166. The molecule has 0 radical (unpaired) electrons. The first-order valence-electron chi connectivity index (χ1n) is 6.72. The van der Waals surface area contributed by atoms with E-state index in [-0.39, 0.29) is 18.3 Å². The Morgan fingerprint density at radius 1 is 1.14 bits per heavy atom. The fourth-order valence-corrected chi connectivity index (χ4v) is 1.94. The van der Waals surface area contributed by atoms with Gasteiger partial charge < -0.3 is 10.1 Å². The second-order valence-corrected chi connectivity index (χ2v) is 4.99. The van der Waals surface area contributed by atoms with E-state index in [0.717, 1.165) is 16.7 Å². The second-order valence-electron chi connectivity index (χ2n) is 4.99. The first-order chi connectivity index (χ1) is 9.97. The average molecular weight is 287 g/mol. The number of halogens is 1. The summed E-state index contributed by atoms with van der Waals surface area (Å²) in [6.45, 7) is 5.62. The van der Waals surface area contributed by atoms with Crippen molar-refractivity contribution in [3.8, 4) is 5.75 Å². The van der Waals surface area contributed by atoms with Gasteiger partial charge >= 0.3 is 0 Å². The lowest BCUT2D eigenvalue weighted by Crippen LogP contribution is -2.21.